The van der Waals surface area contributed by atoms with Crippen LogP contribution in [-0.4, -0.2) is 16.6 Å². The van der Waals surface area contributed by atoms with E-state index in [1.807, 2.05) is 20.8 Å². The van der Waals surface area contributed by atoms with Crippen LogP contribution >= 0.6 is 11.8 Å². The highest BCUT2D eigenvalue weighted by Crippen LogP contribution is 2.34. The fourth-order valence-electron chi connectivity index (χ4n) is 2.07. The second-order valence-electron chi connectivity index (χ2n) is 6.96. The minimum absolute atomic E-state index is 0.159. The second-order valence-corrected chi connectivity index (χ2v) is 8.59. The maximum atomic E-state index is 12.6. The van der Waals surface area contributed by atoms with Crippen molar-refractivity contribution in [1.29, 1.82) is 0 Å². The first-order valence-corrected chi connectivity index (χ1v) is 8.58. The van der Waals surface area contributed by atoms with Crippen LogP contribution in [-0.2, 0) is 10.5 Å². The summed E-state index contributed by atoms with van der Waals surface area (Å²) in [7, 11) is 0. The quantitative estimate of drug-likeness (QED) is 0.815. The van der Waals surface area contributed by atoms with Gasteiger partial charge in [-0.05, 0) is 32.8 Å². The maximum absolute atomic E-state index is 12.6. The lowest BCUT2D eigenvalue weighted by Crippen LogP contribution is -2.51. The van der Waals surface area contributed by atoms with E-state index >= 15 is 0 Å². The van der Waals surface area contributed by atoms with Gasteiger partial charge in [-0.15, -0.1) is 11.8 Å². The molecule has 2 N–H and O–H groups in total. The number of ketones is 1. The van der Waals surface area contributed by atoms with Crippen LogP contribution in [0.15, 0.2) is 24.3 Å². The first-order valence-electron chi connectivity index (χ1n) is 7.59. The molecule has 1 rings (SSSR count). The number of Topliss-reactive ketones (excluding diaryl/α,β-unsaturated/α-hetero) is 1. The smallest absolute Gasteiger partial charge is 0.156 e. The minimum Gasteiger partial charge on any atom is -0.320 e. The summed E-state index contributed by atoms with van der Waals surface area (Å²) in [5.74, 6) is 1.04. The summed E-state index contributed by atoms with van der Waals surface area (Å²) in [4.78, 5) is 12.6. The van der Waals surface area contributed by atoms with Crippen LogP contribution in [0.1, 0.15) is 52.2 Å². The van der Waals surface area contributed by atoms with E-state index in [4.69, 9.17) is 5.73 Å². The summed E-state index contributed by atoms with van der Waals surface area (Å²) in [6.45, 7) is 12.2. The molecule has 0 fully saturated rings. The molecule has 1 aromatic rings. The Morgan fingerprint density at radius 2 is 1.90 bits per heavy atom. The molecule has 0 amide bonds. The highest BCUT2D eigenvalue weighted by molar-refractivity contribution is 7.99. The van der Waals surface area contributed by atoms with Crippen molar-refractivity contribution in [2.75, 3.05) is 0 Å². The summed E-state index contributed by atoms with van der Waals surface area (Å²) in [6, 6.07) is 8.04. The van der Waals surface area contributed by atoms with Crippen molar-refractivity contribution in [3.63, 3.8) is 0 Å². The molecule has 3 heteroatoms. The normalized spacial score (nSPS) is 14.0. The number of carbonyl (C=O) groups excluding carboxylic acids is 1. The summed E-state index contributed by atoms with van der Waals surface area (Å²) >= 11 is 1.76. The Morgan fingerprint density at radius 3 is 2.43 bits per heavy atom. The molecular formula is C18H29NOS. The molecule has 118 valence electrons. The Labute approximate surface area is 133 Å². The van der Waals surface area contributed by atoms with Crippen LogP contribution in [0, 0.1) is 12.3 Å². The zero-order chi connectivity index (χ0) is 16.3. The van der Waals surface area contributed by atoms with Gasteiger partial charge in [-0.2, -0.15) is 0 Å². The standard InChI is InChI=1S/C18H29NOS/c1-7-17(3,4)16(20)15(19)18(5,6)21-12-14-10-8-9-13(2)11-14/h8-11,15H,7,12,19H2,1-6H3. The van der Waals surface area contributed by atoms with E-state index in [0.29, 0.717) is 0 Å². The van der Waals surface area contributed by atoms with Crippen molar-refractivity contribution in [2.24, 2.45) is 11.1 Å². The summed E-state index contributed by atoms with van der Waals surface area (Å²) in [6.07, 6.45) is 0.818. The number of carbonyl (C=O) groups is 1. The number of thioether (sulfide) groups is 1. The molecule has 2 nitrogen and oxygen atoms in total. The van der Waals surface area contributed by atoms with E-state index in [2.05, 4.69) is 45.0 Å². The third kappa shape index (κ3) is 4.86. The van der Waals surface area contributed by atoms with E-state index in [1.54, 1.807) is 11.8 Å². The predicted molar refractivity (Wildman–Crippen MR) is 93.6 cm³/mol. The van der Waals surface area contributed by atoms with Gasteiger partial charge in [0.25, 0.3) is 0 Å². The minimum atomic E-state index is -0.442. The number of benzene rings is 1. The van der Waals surface area contributed by atoms with Gasteiger partial charge in [0.1, 0.15) is 0 Å². The van der Waals surface area contributed by atoms with Crippen LogP contribution in [0.25, 0.3) is 0 Å². The number of rotatable bonds is 7. The second kappa shape index (κ2) is 6.97. The molecule has 0 heterocycles. The highest BCUT2D eigenvalue weighted by atomic mass is 32.2. The first-order chi connectivity index (χ1) is 9.60. The highest BCUT2D eigenvalue weighted by Gasteiger charge is 2.39. The molecular weight excluding hydrogens is 278 g/mol. The molecule has 0 saturated carbocycles. The SMILES string of the molecule is CCC(C)(C)C(=O)C(N)C(C)(C)SCc1cccc(C)c1. The van der Waals surface area contributed by atoms with Gasteiger partial charge in [-0.3, -0.25) is 4.79 Å². The molecule has 0 aliphatic rings. The summed E-state index contributed by atoms with van der Waals surface area (Å²) < 4.78 is -0.271. The van der Waals surface area contributed by atoms with Gasteiger partial charge in [0, 0.05) is 15.9 Å². The first kappa shape index (κ1) is 18.2. The van der Waals surface area contributed by atoms with Gasteiger partial charge in [-0.1, -0.05) is 50.6 Å². The lowest BCUT2D eigenvalue weighted by atomic mass is 9.79. The summed E-state index contributed by atoms with van der Waals surface area (Å²) in [5.41, 5.74) is 8.48. The monoisotopic (exact) mass is 307 g/mol. The van der Waals surface area contributed by atoms with Gasteiger partial charge in [-0.25, -0.2) is 0 Å². The molecule has 0 aliphatic heterocycles. The Bertz CT molecular complexity index is 494. The van der Waals surface area contributed by atoms with E-state index < -0.39 is 6.04 Å². The molecule has 0 aromatic heterocycles. The van der Waals surface area contributed by atoms with Gasteiger partial charge in [0.05, 0.1) is 6.04 Å². The van der Waals surface area contributed by atoms with E-state index in [-0.39, 0.29) is 15.9 Å². The van der Waals surface area contributed by atoms with Crippen molar-refractivity contribution in [3.05, 3.63) is 35.4 Å². The molecule has 0 spiro atoms. The van der Waals surface area contributed by atoms with Crippen LogP contribution in [0.4, 0.5) is 0 Å². The van der Waals surface area contributed by atoms with Crippen LogP contribution in [0.5, 0.6) is 0 Å². The number of hydrogen-bond acceptors (Lipinski definition) is 3. The van der Waals surface area contributed by atoms with Crippen molar-refractivity contribution in [1.82, 2.24) is 0 Å². The largest absolute Gasteiger partial charge is 0.320 e. The van der Waals surface area contributed by atoms with Crippen molar-refractivity contribution >= 4 is 17.5 Å². The number of nitrogens with two attached hydrogens (primary N) is 1. The van der Waals surface area contributed by atoms with Crippen LogP contribution in [0.3, 0.4) is 0 Å². The molecule has 0 aliphatic carbocycles. The molecule has 1 aromatic carbocycles. The third-order valence-corrected chi connectivity index (χ3v) is 5.75. The lowest BCUT2D eigenvalue weighted by Gasteiger charge is -2.35. The topological polar surface area (TPSA) is 43.1 Å². The van der Waals surface area contributed by atoms with E-state index in [9.17, 15) is 4.79 Å². The van der Waals surface area contributed by atoms with Crippen molar-refractivity contribution in [3.8, 4) is 0 Å². The third-order valence-electron chi connectivity index (χ3n) is 4.28. The zero-order valence-electron chi connectivity index (χ0n) is 14.2. The molecule has 0 bridgehead atoms. The van der Waals surface area contributed by atoms with Gasteiger partial charge < -0.3 is 5.73 Å². The molecule has 1 atom stereocenters. The lowest BCUT2D eigenvalue weighted by molar-refractivity contribution is -0.129. The predicted octanol–water partition coefficient (Wildman–Crippen LogP) is 4.34. The molecule has 1 unspecified atom stereocenters. The maximum Gasteiger partial charge on any atom is 0.156 e. The Hall–Kier alpha value is -0.800. The fraction of sp³-hybridized carbons (Fsp3) is 0.611. The molecule has 21 heavy (non-hydrogen) atoms. The fourth-order valence-corrected chi connectivity index (χ4v) is 3.08. The van der Waals surface area contributed by atoms with E-state index in [0.717, 1.165) is 12.2 Å². The van der Waals surface area contributed by atoms with Crippen LogP contribution < -0.4 is 5.73 Å². The summed E-state index contributed by atoms with van der Waals surface area (Å²) in [5, 5.41) is 0. The Kier molecular flexibility index (Phi) is 6.06. The molecule has 0 radical (unpaired) electrons. The van der Waals surface area contributed by atoms with Crippen molar-refractivity contribution in [2.45, 2.75) is 64.5 Å². The van der Waals surface area contributed by atoms with Crippen molar-refractivity contribution < 1.29 is 4.79 Å². The van der Waals surface area contributed by atoms with Crippen LogP contribution in [0.2, 0.25) is 0 Å². The Balaban J connectivity index is 2.74. The zero-order valence-corrected chi connectivity index (χ0v) is 15.0. The average molecular weight is 308 g/mol. The van der Waals surface area contributed by atoms with Gasteiger partial charge in [0.2, 0.25) is 0 Å². The average Bonchev–Trinajstić information content (AvgIpc) is 2.43. The number of hydrogen-bond donors (Lipinski definition) is 1. The van der Waals surface area contributed by atoms with E-state index in [1.165, 1.54) is 11.1 Å². The number of aryl methyl sites for hydroxylation is 1. The Morgan fingerprint density at radius 1 is 1.29 bits per heavy atom. The van der Waals surface area contributed by atoms with Gasteiger partial charge in [0.15, 0.2) is 5.78 Å². The molecule has 0 saturated heterocycles. The van der Waals surface area contributed by atoms with Gasteiger partial charge >= 0.3 is 0 Å².